The molecule has 9 heteroatoms. The molecule has 5 nitrogen and oxygen atoms in total. The van der Waals surface area contributed by atoms with E-state index in [9.17, 15) is 4.79 Å². The zero-order valence-electron chi connectivity index (χ0n) is 16.8. The monoisotopic (exact) mass is 502 g/mol. The lowest BCUT2D eigenvalue weighted by molar-refractivity contribution is -0.113. The molecule has 0 spiro atoms. The minimum atomic E-state index is -0.257. The number of nitrogens with zero attached hydrogens (tertiary/aromatic N) is 3. The summed E-state index contributed by atoms with van der Waals surface area (Å²) in [7, 11) is 0. The highest BCUT2D eigenvalue weighted by molar-refractivity contribution is 7.99. The summed E-state index contributed by atoms with van der Waals surface area (Å²) < 4.78 is 1.90. The van der Waals surface area contributed by atoms with Gasteiger partial charge in [-0.3, -0.25) is 9.36 Å². The van der Waals surface area contributed by atoms with Crippen LogP contribution in [0.25, 0.3) is 17.1 Å². The predicted octanol–water partition coefficient (Wildman–Crippen LogP) is 6.93. The van der Waals surface area contributed by atoms with Crippen molar-refractivity contribution in [2.75, 3.05) is 11.1 Å². The van der Waals surface area contributed by atoms with Crippen LogP contribution in [-0.2, 0) is 4.79 Å². The number of hydrogen-bond donors (Lipinski definition) is 1. The Morgan fingerprint density at radius 2 is 1.59 bits per heavy atom. The first-order chi connectivity index (χ1) is 15.4. The van der Waals surface area contributed by atoms with Crippen molar-refractivity contribution in [3.8, 4) is 17.1 Å². The number of rotatable bonds is 6. The second-order valence-corrected chi connectivity index (χ2v) is 9.11. The Balaban J connectivity index is 1.61. The minimum absolute atomic E-state index is 0.0984. The summed E-state index contributed by atoms with van der Waals surface area (Å²) in [5, 5.41) is 13.4. The first-order valence-corrected chi connectivity index (χ1v) is 11.7. The number of thioether (sulfide) groups is 1. The first kappa shape index (κ1) is 22.7. The highest BCUT2D eigenvalue weighted by Gasteiger charge is 2.18. The molecule has 1 amide bonds. The molecule has 3 aromatic carbocycles. The van der Waals surface area contributed by atoms with Gasteiger partial charge in [0.1, 0.15) is 0 Å². The van der Waals surface area contributed by atoms with Gasteiger partial charge in [-0.05, 0) is 43.3 Å². The fourth-order valence-corrected chi connectivity index (χ4v) is 4.37. The van der Waals surface area contributed by atoms with Gasteiger partial charge in [-0.25, -0.2) is 0 Å². The number of halogens is 3. The van der Waals surface area contributed by atoms with Gasteiger partial charge in [0, 0.05) is 16.3 Å². The van der Waals surface area contributed by atoms with E-state index >= 15 is 0 Å². The molecule has 0 saturated carbocycles. The maximum Gasteiger partial charge on any atom is 0.234 e. The smallest absolute Gasteiger partial charge is 0.234 e. The van der Waals surface area contributed by atoms with Crippen LogP contribution in [0.5, 0.6) is 0 Å². The summed E-state index contributed by atoms with van der Waals surface area (Å²) >= 11 is 19.6. The summed E-state index contributed by atoms with van der Waals surface area (Å²) in [5.41, 5.74) is 3.29. The van der Waals surface area contributed by atoms with E-state index in [0.29, 0.717) is 31.7 Å². The van der Waals surface area contributed by atoms with Gasteiger partial charge < -0.3 is 5.32 Å². The maximum absolute atomic E-state index is 12.6. The van der Waals surface area contributed by atoms with Crippen LogP contribution in [0.3, 0.4) is 0 Å². The van der Waals surface area contributed by atoms with Gasteiger partial charge in [0.05, 0.1) is 21.5 Å². The number of nitrogens with one attached hydrogen (secondary N) is 1. The molecule has 0 saturated heterocycles. The van der Waals surface area contributed by atoms with Crippen LogP contribution >= 0.6 is 46.6 Å². The molecule has 0 atom stereocenters. The largest absolute Gasteiger partial charge is 0.323 e. The number of carbonyl (C=O) groups is 1. The number of carbonyl (C=O) groups excluding carboxylic acids is 1. The number of hydrogen-bond acceptors (Lipinski definition) is 4. The van der Waals surface area contributed by atoms with Crippen molar-refractivity contribution in [3.05, 3.63) is 87.4 Å². The second-order valence-electron chi connectivity index (χ2n) is 6.92. The molecule has 0 aliphatic carbocycles. The Hall–Kier alpha value is -2.51. The van der Waals surface area contributed by atoms with Gasteiger partial charge in [-0.2, -0.15) is 0 Å². The van der Waals surface area contributed by atoms with Crippen LogP contribution in [0.1, 0.15) is 5.56 Å². The SMILES string of the molecule is Cc1ccc(-c2nnc(SCC(=O)Nc3c(Cl)cccc3Cl)n2-c2ccc(Cl)cc2)cc1. The fraction of sp³-hybridized carbons (Fsp3) is 0.0870. The van der Waals surface area contributed by atoms with E-state index in [4.69, 9.17) is 34.8 Å². The average molecular weight is 504 g/mol. The molecule has 162 valence electrons. The van der Waals surface area contributed by atoms with E-state index in [1.165, 1.54) is 11.8 Å². The molecule has 1 heterocycles. The lowest BCUT2D eigenvalue weighted by atomic mass is 10.1. The predicted molar refractivity (Wildman–Crippen MR) is 132 cm³/mol. The number of para-hydroxylation sites is 1. The topological polar surface area (TPSA) is 59.8 Å². The van der Waals surface area contributed by atoms with Crippen molar-refractivity contribution in [2.24, 2.45) is 0 Å². The third-order valence-electron chi connectivity index (χ3n) is 4.59. The Morgan fingerprint density at radius 1 is 0.938 bits per heavy atom. The molecule has 0 radical (unpaired) electrons. The highest BCUT2D eigenvalue weighted by atomic mass is 35.5. The number of aryl methyl sites for hydroxylation is 1. The van der Waals surface area contributed by atoms with Gasteiger partial charge in [0.25, 0.3) is 0 Å². The molecule has 0 unspecified atom stereocenters. The van der Waals surface area contributed by atoms with Crippen LogP contribution in [0.2, 0.25) is 15.1 Å². The van der Waals surface area contributed by atoms with Crippen LogP contribution in [0.4, 0.5) is 5.69 Å². The average Bonchev–Trinajstić information content (AvgIpc) is 3.20. The summed E-state index contributed by atoms with van der Waals surface area (Å²) in [5.74, 6) is 0.512. The second kappa shape index (κ2) is 9.96. The molecule has 1 aromatic heterocycles. The van der Waals surface area contributed by atoms with Crippen molar-refractivity contribution >= 4 is 58.2 Å². The molecule has 0 aliphatic rings. The van der Waals surface area contributed by atoms with Gasteiger partial charge in [-0.15, -0.1) is 10.2 Å². The number of anilines is 1. The number of amides is 1. The van der Waals surface area contributed by atoms with Crippen LogP contribution in [-0.4, -0.2) is 26.4 Å². The lowest BCUT2D eigenvalue weighted by Gasteiger charge is -2.11. The Kier molecular flexibility index (Phi) is 7.06. The quantitative estimate of drug-likeness (QED) is 0.290. The molecular formula is C23H17Cl3N4OS. The lowest BCUT2D eigenvalue weighted by Crippen LogP contribution is -2.15. The van der Waals surface area contributed by atoms with Gasteiger partial charge in [0.15, 0.2) is 11.0 Å². The zero-order chi connectivity index (χ0) is 22.7. The van der Waals surface area contributed by atoms with Gasteiger partial charge in [-0.1, -0.05) is 82.5 Å². The zero-order valence-corrected chi connectivity index (χ0v) is 19.9. The fourth-order valence-electron chi connectivity index (χ4n) is 3.00. The van der Waals surface area contributed by atoms with Crippen molar-refractivity contribution in [3.63, 3.8) is 0 Å². The first-order valence-electron chi connectivity index (χ1n) is 9.57. The summed E-state index contributed by atoms with van der Waals surface area (Å²) in [6.45, 7) is 2.03. The van der Waals surface area contributed by atoms with Crippen LogP contribution in [0.15, 0.2) is 71.9 Å². The van der Waals surface area contributed by atoms with E-state index in [1.54, 1.807) is 30.3 Å². The Labute approximate surface area is 204 Å². The summed E-state index contributed by atoms with van der Waals surface area (Å²) in [6.07, 6.45) is 0. The van der Waals surface area contributed by atoms with Crippen molar-refractivity contribution in [1.29, 1.82) is 0 Å². The third kappa shape index (κ3) is 5.10. The highest BCUT2D eigenvalue weighted by Crippen LogP contribution is 2.31. The minimum Gasteiger partial charge on any atom is -0.323 e. The normalized spacial score (nSPS) is 10.9. The van der Waals surface area contributed by atoms with Crippen LogP contribution in [0, 0.1) is 6.92 Å². The van der Waals surface area contributed by atoms with Crippen molar-refractivity contribution in [2.45, 2.75) is 12.1 Å². The molecule has 0 aliphatic heterocycles. The Bertz CT molecular complexity index is 1240. The van der Waals surface area contributed by atoms with Gasteiger partial charge >= 0.3 is 0 Å². The third-order valence-corrected chi connectivity index (χ3v) is 6.40. The van der Waals surface area contributed by atoms with Crippen LogP contribution < -0.4 is 5.32 Å². The molecule has 4 aromatic rings. The number of aromatic nitrogens is 3. The van der Waals surface area contributed by atoms with E-state index in [1.807, 2.05) is 47.9 Å². The molecule has 1 N–H and O–H groups in total. The molecule has 4 rings (SSSR count). The van der Waals surface area contributed by atoms with E-state index in [2.05, 4.69) is 15.5 Å². The van der Waals surface area contributed by atoms with E-state index in [0.717, 1.165) is 16.8 Å². The Morgan fingerprint density at radius 3 is 2.25 bits per heavy atom. The van der Waals surface area contributed by atoms with Crippen molar-refractivity contribution < 1.29 is 4.79 Å². The summed E-state index contributed by atoms with van der Waals surface area (Å²) in [6, 6.07) is 20.5. The molecule has 0 bridgehead atoms. The molecule has 32 heavy (non-hydrogen) atoms. The van der Waals surface area contributed by atoms with E-state index < -0.39 is 0 Å². The maximum atomic E-state index is 12.6. The molecular weight excluding hydrogens is 487 g/mol. The number of benzene rings is 3. The van der Waals surface area contributed by atoms with E-state index in [-0.39, 0.29) is 11.7 Å². The molecule has 0 fully saturated rings. The van der Waals surface area contributed by atoms with Crippen molar-refractivity contribution in [1.82, 2.24) is 14.8 Å². The standard InChI is InChI=1S/C23H17Cl3N4OS/c1-14-5-7-15(8-6-14)22-28-29-23(30(22)17-11-9-16(24)10-12-17)32-13-20(31)27-21-18(25)3-2-4-19(21)26/h2-12H,13H2,1H3,(H,27,31). The van der Waals surface area contributed by atoms with Gasteiger partial charge in [0.2, 0.25) is 5.91 Å². The summed E-state index contributed by atoms with van der Waals surface area (Å²) in [4.78, 5) is 12.6.